The van der Waals surface area contributed by atoms with Crippen molar-refractivity contribution < 1.29 is 14.3 Å². The van der Waals surface area contributed by atoms with E-state index in [1.165, 1.54) is 6.20 Å². The number of halogens is 1. The van der Waals surface area contributed by atoms with Gasteiger partial charge in [0.2, 0.25) is 0 Å². The van der Waals surface area contributed by atoms with Gasteiger partial charge in [-0.1, -0.05) is 29.8 Å². The van der Waals surface area contributed by atoms with Crippen LogP contribution in [0.5, 0.6) is 5.75 Å². The molecule has 4 aromatic rings. The van der Waals surface area contributed by atoms with Crippen LogP contribution in [0.25, 0.3) is 10.8 Å². The third kappa shape index (κ3) is 4.82. The second kappa shape index (κ2) is 8.85. The number of primary amides is 1. The minimum atomic E-state index is -0.587. The van der Waals surface area contributed by atoms with Crippen LogP contribution in [0, 0.1) is 0 Å². The van der Waals surface area contributed by atoms with Gasteiger partial charge in [0.05, 0.1) is 0 Å². The largest absolute Gasteiger partial charge is 0.489 e. The number of hydrogen-bond acceptors (Lipinski definition) is 4. The SMILES string of the molecule is NC(=O)c1cc(COc2ccc3c(C(=O)Nc4cccc(Cl)c4)cccc3c2)ccn1. The van der Waals surface area contributed by atoms with Crippen molar-refractivity contribution in [2.24, 2.45) is 5.73 Å². The number of carbonyl (C=O) groups excluding carboxylic acids is 2. The minimum Gasteiger partial charge on any atom is -0.489 e. The van der Waals surface area contributed by atoms with E-state index in [9.17, 15) is 9.59 Å². The number of anilines is 1. The van der Waals surface area contributed by atoms with Crippen LogP contribution < -0.4 is 15.8 Å². The maximum absolute atomic E-state index is 12.8. The van der Waals surface area contributed by atoms with Gasteiger partial charge in [-0.05, 0) is 70.9 Å². The van der Waals surface area contributed by atoms with E-state index in [0.29, 0.717) is 22.0 Å². The summed E-state index contributed by atoms with van der Waals surface area (Å²) in [6.45, 7) is 0.253. The molecule has 0 aliphatic heterocycles. The summed E-state index contributed by atoms with van der Waals surface area (Å²) in [5, 5.41) is 5.08. The van der Waals surface area contributed by atoms with Gasteiger partial charge in [-0.3, -0.25) is 14.6 Å². The van der Waals surface area contributed by atoms with E-state index in [0.717, 1.165) is 16.3 Å². The van der Waals surface area contributed by atoms with Crippen molar-refractivity contribution in [1.82, 2.24) is 4.98 Å². The van der Waals surface area contributed by atoms with Gasteiger partial charge < -0.3 is 15.8 Å². The number of benzene rings is 3. The predicted octanol–water partition coefficient (Wildman–Crippen LogP) is 4.82. The Morgan fingerprint density at radius 3 is 2.65 bits per heavy atom. The lowest BCUT2D eigenvalue weighted by atomic mass is 10.0. The van der Waals surface area contributed by atoms with Gasteiger partial charge in [0.15, 0.2) is 0 Å². The van der Waals surface area contributed by atoms with Crippen LogP contribution in [0.3, 0.4) is 0 Å². The third-order valence-electron chi connectivity index (χ3n) is 4.66. The van der Waals surface area contributed by atoms with Crippen LogP contribution in [0.4, 0.5) is 5.69 Å². The highest BCUT2D eigenvalue weighted by atomic mass is 35.5. The summed E-state index contributed by atoms with van der Waals surface area (Å²) in [6, 6.07) is 21.4. The summed E-state index contributed by atoms with van der Waals surface area (Å²) < 4.78 is 5.85. The maximum Gasteiger partial charge on any atom is 0.267 e. The molecule has 0 atom stereocenters. The number of pyridine rings is 1. The summed E-state index contributed by atoms with van der Waals surface area (Å²) in [7, 11) is 0. The third-order valence-corrected chi connectivity index (χ3v) is 4.90. The molecule has 3 N–H and O–H groups in total. The Labute approximate surface area is 183 Å². The first kappa shape index (κ1) is 20.4. The number of hydrogen-bond donors (Lipinski definition) is 2. The standard InChI is InChI=1S/C24H18ClN3O3/c25-17-4-2-5-18(13-17)28-24(30)21-6-1-3-16-12-19(7-8-20(16)21)31-14-15-9-10-27-22(11-15)23(26)29/h1-13H,14H2,(H2,26,29)(H,28,30). The molecule has 0 spiro atoms. The summed E-state index contributed by atoms with van der Waals surface area (Å²) >= 11 is 5.99. The Hall–Kier alpha value is -3.90. The van der Waals surface area contributed by atoms with Crippen molar-refractivity contribution in [3.8, 4) is 5.75 Å². The van der Waals surface area contributed by atoms with E-state index < -0.39 is 5.91 Å². The van der Waals surface area contributed by atoms with Gasteiger partial charge in [-0.25, -0.2) is 0 Å². The molecule has 2 amide bonds. The molecule has 1 heterocycles. The lowest BCUT2D eigenvalue weighted by molar-refractivity contribution is 0.0993. The molecule has 0 aliphatic rings. The molecule has 0 saturated carbocycles. The van der Waals surface area contributed by atoms with Crippen LogP contribution in [0.2, 0.25) is 5.02 Å². The van der Waals surface area contributed by atoms with E-state index in [-0.39, 0.29) is 18.2 Å². The number of nitrogens with zero attached hydrogens (tertiary/aromatic N) is 1. The molecule has 6 nitrogen and oxygen atoms in total. The molecular formula is C24H18ClN3O3. The molecular weight excluding hydrogens is 414 g/mol. The van der Waals surface area contributed by atoms with Gasteiger partial charge >= 0.3 is 0 Å². The number of carbonyl (C=O) groups is 2. The number of ether oxygens (including phenoxy) is 1. The number of nitrogens with two attached hydrogens (primary N) is 1. The van der Waals surface area contributed by atoms with Crippen molar-refractivity contribution in [3.05, 3.63) is 101 Å². The van der Waals surface area contributed by atoms with E-state index in [1.807, 2.05) is 24.3 Å². The summed E-state index contributed by atoms with van der Waals surface area (Å²) in [5.74, 6) is -0.175. The van der Waals surface area contributed by atoms with E-state index in [2.05, 4.69) is 10.3 Å². The number of amides is 2. The van der Waals surface area contributed by atoms with Crippen LogP contribution >= 0.6 is 11.6 Å². The zero-order chi connectivity index (χ0) is 21.8. The molecule has 0 saturated heterocycles. The lowest BCUT2D eigenvalue weighted by Crippen LogP contribution is -2.13. The summed E-state index contributed by atoms with van der Waals surface area (Å²) in [5.41, 5.74) is 7.40. The summed E-state index contributed by atoms with van der Waals surface area (Å²) in [4.78, 5) is 28.0. The zero-order valence-electron chi connectivity index (χ0n) is 16.3. The number of fused-ring (bicyclic) bond motifs is 1. The fourth-order valence-corrected chi connectivity index (χ4v) is 3.37. The topological polar surface area (TPSA) is 94.3 Å². The first-order chi connectivity index (χ1) is 15.0. The zero-order valence-corrected chi connectivity index (χ0v) is 17.1. The Bertz CT molecular complexity index is 1290. The Morgan fingerprint density at radius 1 is 1.00 bits per heavy atom. The average molecular weight is 432 g/mol. The highest BCUT2D eigenvalue weighted by molar-refractivity contribution is 6.31. The molecule has 31 heavy (non-hydrogen) atoms. The van der Waals surface area contributed by atoms with Crippen LogP contribution in [-0.2, 0) is 6.61 Å². The molecule has 1 aromatic heterocycles. The van der Waals surface area contributed by atoms with Crippen molar-refractivity contribution >= 4 is 39.9 Å². The van der Waals surface area contributed by atoms with E-state index in [1.54, 1.807) is 48.5 Å². The molecule has 7 heteroatoms. The quantitative estimate of drug-likeness (QED) is 0.457. The average Bonchev–Trinajstić information content (AvgIpc) is 2.77. The van der Waals surface area contributed by atoms with Gasteiger partial charge in [0.25, 0.3) is 11.8 Å². The number of aromatic nitrogens is 1. The monoisotopic (exact) mass is 431 g/mol. The Kier molecular flexibility index (Phi) is 5.82. The van der Waals surface area contributed by atoms with Crippen LogP contribution in [0.15, 0.2) is 79.0 Å². The normalized spacial score (nSPS) is 10.6. The summed E-state index contributed by atoms with van der Waals surface area (Å²) in [6.07, 6.45) is 1.52. The van der Waals surface area contributed by atoms with Gasteiger partial charge in [0, 0.05) is 22.5 Å². The molecule has 0 radical (unpaired) electrons. The first-order valence-electron chi connectivity index (χ1n) is 9.47. The second-order valence-electron chi connectivity index (χ2n) is 6.86. The second-order valence-corrected chi connectivity index (χ2v) is 7.29. The maximum atomic E-state index is 12.8. The van der Waals surface area contributed by atoms with Gasteiger partial charge in [0.1, 0.15) is 18.1 Å². The first-order valence-corrected chi connectivity index (χ1v) is 9.84. The molecule has 0 unspecified atom stereocenters. The smallest absolute Gasteiger partial charge is 0.267 e. The highest BCUT2D eigenvalue weighted by Gasteiger charge is 2.11. The molecule has 3 aromatic carbocycles. The Balaban J connectivity index is 1.53. The molecule has 4 rings (SSSR count). The fourth-order valence-electron chi connectivity index (χ4n) is 3.18. The van der Waals surface area contributed by atoms with Crippen LogP contribution in [0.1, 0.15) is 26.4 Å². The van der Waals surface area contributed by atoms with Crippen molar-refractivity contribution in [1.29, 1.82) is 0 Å². The molecule has 154 valence electrons. The number of nitrogens with one attached hydrogen (secondary N) is 1. The van der Waals surface area contributed by atoms with Crippen LogP contribution in [-0.4, -0.2) is 16.8 Å². The van der Waals surface area contributed by atoms with E-state index in [4.69, 9.17) is 22.1 Å². The molecule has 0 aliphatic carbocycles. The number of rotatable bonds is 6. The van der Waals surface area contributed by atoms with Gasteiger partial charge in [-0.15, -0.1) is 0 Å². The van der Waals surface area contributed by atoms with Crippen molar-refractivity contribution in [2.45, 2.75) is 6.61 Å². The lowest BCUT2D eigenvalue weighted by Gasteiger charge is -2.11. The van der Waals surface area contributed by atoms with E-state index >= 15 is 0 Å². The minimum absolute atomic E-state index is 0.190. The van der Waals surface area contributed by atoms with Gasteiger partial charge in [-0.2, -0.15) is 0 Å². The molecule has 0 bridgehead atoms. The predicted molar refractivity (Wildman–Crippen MR) is 120 cm³/mol. The van der Waals surface area contributed by atoms with Crippen molar-refractivity contribution in [2.75, 3.05) is 5.32 Å². The molecule has 0 fully saturated rings. The van der Waals surface area contributed by atoms with Crippen molar-refractivity contribution in [3.63, 3.8) is 0 Å². The Morgan fingerprint density at radius 2 is 1.84 bits per heavy atom. The fraction of sp³-hybridized carbons (Fsp3) is 0.0417. The highest BCUT2D eigenvalue weighted by Crippen LogP contribution is 2.26.